The van der Waals surface area contributed by atoms with E-state index < -0.39 is 0 Å². The molecule has 0 saturated heterocycles. The van der Waals surface area contributed by atoms with Crippen molar-refractivity contribution in [3.8, 4) is 5.75 Å². The number of nitrogens with one attached hydrogen (secondary N) is 1. The van der Waals surface area contributed by atoms with Crippen molar-refractivity contribution in [2.75, 3.05) is 6.61 Å². The Morgan fingerprint density at radius 1 is 1.29 bits per heavy atom. The van der Waals surface area contributed by atoms with Crippen LogP contribution in [-0.2, 0) is 12.8 Å². The van der Waals surface area contributed by atoms with Gasteiger partial charge in [0.25, 0.3) is 0 Å². The normalized spacial score (nSPS) is 14.6. The Balaban J connectivity index is 1.84. The zero-order chi connectivity index (χ0) is 14.8. The fourth-order valence-corrected chi connectivity index (χ4v) is 3.17. The molecule has 0 amide bonds. The van der Waals surface area contributed by atoms with E-state index in [1.807, 2.05) is 18.2 Å². The molecule has 0 radical (unpaired) electrons. The Morgan fingerprint density at radius 3 is 2.90 bits per heavy atom. The van der Waals surface area contributed by atoms with Crippen LogP contribution in [0.1, 0.15) is 22.7 Å². The highest BCUT2D eigenvalue weighted by Crippen LogP contribution is 2.29. The van der Waals surface area contributed by atoms with Gasteiger partial charge in [-0.05, 0) is 47.4 Å². The highest BCUT2D eigenvalue weighted by atomic mass is 79.9. The molecule has 0 saturated carbocycles. The molecule has 3 N–H and O–H groups in total. The monoisotopic (exact) mass is 350 g/mol. The van der Waals surface area contributed by atoms with Crippen LogP contribution in [0, 0.1) is 5.82 Å². The maximum Gasteiger partial charge on any atom is 0.124 e. The Morgan fingerprint density at radius 2 is 2.14 bits per heavy atom. The molecule has 1 aliphatic rings. The molecule has 0 fully saturated rings. The molecule has 1 atom stereocenters. The van der Waals surface area contributed by atoms with Crippen molar-refractivity contribution in [1.82, 2.24) is 5.43 Å². The first-order chi connectivity index (χ1) is 10.2. The van der Waals surface area contributed by atoms with E-state index in [9.17, 15) is 4.39 Å². The molecule has 0 aliphatic carbocycles. The summed E-state index contributed by atoms with van der Waals surface area (Å²) >= 11 is 3.31. The van der Waals surface area contributed by atoms with E-state index in [-0.39, 0.29) is 11.9 Å². The minimum atomic E-state index is -0.252. The first kappa shape index (κ1) is 14.5. The standard InChI is InChI=1S/C16H16BrFN2O/c17-13-5-10(6-14(18)9-13)7-15(20-19)11-1-2-16-12(8-11)3-4-21-16/h1-2,5-6,8-9,15,20H,3-4,7,19H2. The SMILES string of the molecule is NNC(Cc1cc(F)cc(Br)c1)c1ccc2c(c1)CCO2. The van der Waals surface area contributed by atoms with E-state index >= 15 is 0 Å². The topological polar surface area (TPSA) is 47.3 Å². The third-order valence-corrected chi connectivity index (χ3v) is 4.14. The van der Waals surface area contributed by atoms with E-state index in [0.29, 0.717) is 6.42 Å². The number of nitrogens with two attached hydrogens (primary N) is 1. The van der Waals surface area contributed by atoms with Gasteiger partial charge in [0, 0.05) is 16.9 Å². The zero-order valence-electron chi connectivity index (χ0n) is 11.4. The van der Waals surface area contributed by atoms with Crippen LogP contribution in [0.2, 0.25) is 0 Å². The van der Waals surface area contributed by atoms with Crippen molar-refractivity contribution in [3.05, 3.63) is 63.4 Å². The van der Waals surface area contributed by atoms with Crippen molar-refractivity contribution in [2.45, 2.75) is 18.9 Å². The smallest absolute Gasteiger partial charge is 0.124 e. The molecule has 3 nitrogen and oxygen atoms in total. The largest absolute Gasteiger partial charge is 0.493 e. The van der Waals surface area contributed by atoms with E-state index in [2.05, 4.69) is 27.4 Å². The summed E-state index contributed by atoms with van der Waals surface area (Å²) in [5, 5.41) is 0. The van der Waals surface area contributed by atoms with Gasteiger partial charge in [-0.3, -0.25) is 11.3 Å². The van der Waals surface area contributed by atoms with Gasteiger partial charge in [0.15, 0.2) is 0 Å². The Bertz CT molecular complexity index is 642. The number of hydrogen-bond acceptors (Lipinski definition) is 3. The summed E-state index contributed by atoms with van der Waals surface area (Å²) in [5.41, 5.74) is 6.00. The van der Waals surface area contributed by atoms with Crippen LogP contribution in [0.3, 0.4) is 0 Å². The van der Waals surface area contributed by atoms with Crippen LogP contribution in [-0.4, -0.2) is 6.61 Å². The molecular weight excluding hydrogens is 335 g/mol. The maximum atomic E-state index is 13.5. The van der Waals surface area contributed by atoms with E-state index in [0.717, 1.165) is 34.4 Å². The molecule has 5 heteroatoms. The van der Waals surface area contributed by atoms with Crippen LogP contribution in [0.25, 0.3) is 0 Å². The number of hydrazine groups is 1. The summed E-state index contributed by atoms with van der Waals surface area (Å²) in [7, 11) is 0. The summed E-state index contributed by atoms with van der Waals surface area (Å²) in [5.74, 6) is 6.38. The molecule has 0 bridgehead atoms. The van der Waals surface area contributed by atoms with Gasteiger partial charge in [-0.1, -0.05) is 28.1 Å². The first-order valence-electron chi connectivity index (χ1n) is 6.82. The van der Waals surface area contributed by atoms with Gasteiger partial charge in [-0.25, -0.2) is 4.39 Å². The fourth-order valence-electron chi connectivity index (χ4n) is 2.66. The van der Waals surface area contributed by atoms with Crippen LogP contribution in [0.5, 0.6) is 5.75 Å². The lowest BCUT2D eigenvalue weighted by molar-refractivity contribution is 0.356. The number of halogens is 2. The second-order valence-electron chi connectivity index (χ2n) is 5.17. The van der Waals surface area contributed by atoms with Crippen molar-refractivity contribution < 1.29 is 9.13 Å². The lowest BCUT2D eigenvalue weighted by Crippen LogP contribution is -2.29. The summed E-state index contributed by atoms with van der Waals surface area (Å²) < 4.78 is 19.7. The molecule has 0 spiro atoms. The highest BCUT2D eigenvalue weighted by molar-refractivity contribution is 9.10. The van der Waals surface area contributed by atoms with Crippen LogP contribution < -0.4 is 16.0 Å². The van der Waals surface area contributed by atoms with Crippen LogP contribution in [0.15, 0.2) is 40.9 Å². The molecule has 1 heterocycles. The average Bonchev–Trinajstić information content (AvgIpc) is 2.91. The zero-order valence-corrected chi connectivity index (χ0v) is 13.0. The van der Waals surface area contributed by atoms with E-state index in [1.165, 1.54) is 17.7 Å². The van der Waals surface area contributed by atoms with Gasteiger partial charge in [0.2, 0.25) is 0 Å². The Kier molecular flexibility index (Phi) is 4.24. The molecule has 110 valence electrons. The maximum absolute atomic E-state index is 13.5. The second kappa shape index (κ2) is 6.13. The van der Waals surface area contributed by atoms with Gasteiger partial charge in [-0.2, -0.15) is 0 Å². The molecule has 2 aromatic rings. The van der Waals surface area contributed by atoms with Gasteiger partial charge in [0.05, 0.1) is 6.61 Å². The summed E-state index contributed by atoms with van der Waals surface area (Å²) in [6.45, 7) is 0.732. The number of benzene rings is 2. The number of hydrogen-bond donors (Lipinski definition) is 2. The highest BCUT2D eigenvalue weighted by Gasteiger charge is 2.17. The third kappa shape index (κ3) is 3.26. The molecule has 1 unspecified atom stereocenters. The summed E-state index contributed by atoms with van der Waals surface area (Å²) in [6.07, 6.45) is 1.54. The van der Waals surface area contributed by atoms with Crippen molar-refractivity contribution in [3.63, 3.8) is 0 Å². The number of rotatable bonds is 4. The molecule has 2 aromatic carbocycles. The molecule has 21 heavy (non-hydrogen) atoms. The quantitative estimate of drug-likeness (QED) is 0.657. The molecule has 3 rings (SSSR count). The fraction of sp³-hybridized carbons (Fsp3) is 0.250. The predicted octanol–water partition coefficient (Wildman–Crippen LogP) is 3.27. The lowest BCUT2D eigenvalue weighted by Gasteiger charge is -2.17. The third-order valence-electron chi connectivity index (χ3n) is 3.68. The predicted molar refractivity (Wildman–Crippen MR) is 83.5 cm³/mol. The lowest BCUT2D eigenvalue weighted by atomic mass is 9.97. The van der Waals surface area contributed by atoms with Crippen molar-refractivity contribution in [2.24, 2.45) is 5.84 Å². The van der Waals surface area contributed by atoms with Crippen molar-refractivity contribution >= 4 is 15.9 Å². The molecular formula is C16H16BrFN2O. The van der Waals surface area contributed by atoms with Gasteiger partial charge < -0.3 is 4.74 Å². The number of fused-ring (bicyclic) bond motifs is 1. The minimum Gasteiger partial charge on any atom is -0.493 e. The van der Waals surface area contributed by atoms with Crippen LogP contribution in [0.4, 0.5) is 4.39 Å². The first-order valence-corrected chi connectivity index (χ1v) is 7.62. The van der Waals surface area contributed by atoms with Crippen molar-refractivity contribution in [1.29, 1.82) is 0 Å². The average molecular weight is 351 g/mol. The minimum absolute atomic E-state index is 0.0652. The van der Waals surface area contributed by atoms with E-state index in [1.54, 1.807) is 0 Å². The molecule has 0 aromatic heterocycles. The Hall–Kier alpha value is -1.43. The number of ether oxygens (including phenoxy) is 1. The van der Waals surface area contributed by atoms with Gasteiger partial charge in [-0.15, -0.1) is 0 Å². The van der Waals surface area contributed by atoms with E-state index in [4.69, 9.17) is 10.6 Å². The second-order valence-corrected chi connectivity index (χ2v) is 6.08. The van der Waals surface area contributed by atoms with Gasteiger partial charge >= 0.3 is 0 Å². The molecule has 1 aliphatic heterocycles. The summed E-state index contributed by atoms with van der Waals surface area (Å²) in [6, 6.07) is 10.9. The van der Waals surface area contributed by atoms with Crippen LogP contribution >= 0.6 is 15.9 Å². The Labute approximate surface area is 131 Å². The summed E-state index contributed by atoms with van der Waals surface area (Å²) in [4.78, 5) is 0. The van der Waals surface area contributed by atoms with Gasteiger partial charge in [0.1, 0.15) is 11.6 Å².